The molecule has 0 saturated heterocycles. The maximum atomic E-state index is 12.3. The highest BCUT2D eigenvalue weighted by molar-refractivity contribution is 5.99. The third kappa shape index (κ3) is 3.99. The molecule has 1 heterocycles. The lowest BCUT2D eigenvalue weighted by Crippen LogP contribution is -2.26. The van der Waals surface area contributed by atoms with Crippen LogP contribution >= 0.6 is 0 Å². The molecule has 4 heteroatoms. The average Bonchev–Trinajstić information content (AvgIpc) is 2.89. The van der Waals surface area contributed by atoms with Crippen LogP contribution in [0.4, 0.5) is 0 Å². The molecule has 1 fully saturated rings. The molecule has 130 valence electrons. The van der Waals surface area contributed by atoms with Crippen molar-refractivity contribution in [1.82, 2.24) is 10.3 Å². The van der Waals surface area contributed by atoms with Crippen LogP contribution in [0.1, 0.15) is 60.1 Å². The fourth-order valence-corrected chi connectivity index (χ4v) is 3.46. The van der Waals surface area contributed by atoms with E-state index in [1.54, 1.807) is 0 Å². The van der Waals surface area contributed by atoms with E-state index >= 15 is 0 Å². The number of nitrogens with one attached hydrogen (secondary N) is 2. The number of hydrogen-bond donors (Lipinski definition) is 2. The molecule has 2 N–H and O–H groups in total. The first kappa shape index (κ1) is 17.0. The Bertz CT molecular complexity index is 699. The summed E-state index contributed by atoms with van der Waals surface area (Å²) in [4.78, 5) is 15.6. The van der Waals surface area contributed by atoms with E-state index in [1.165, 1.54) is 37.7 Å². The van der Waals surface area contributed by atoms with Crippen LogP contribution in [0.3, 0.4) is 0 Å². The number of ether oxygens (including phenoxy) is 1. The number of carbonyl (C=O) groups excluding carboxylic acids is 1. The van der Waals surface area contributed by atoms with Gasteiger partial charge in [-0.2, -0.15) is 0 Å². The van der Waals surface area contributed by atoms with Gasteiger partial charge in [0.25, 0.3) is 5.91 Å². The number of amides is 1. The van der Waals surface area contributed by atoms with Crippen molar-refractivity contribution in [3.05, 3.63) is 35.0 Å². The second-order valence-corrected chi connectivity index (χ2v) is 6.88. The van der Waals surface area contributed by atoms with E-state index in [2.05, 4.69) is 24.1 Å². The van der Waals surface area contributed by atoms with Crippen molar-refractivity contribution < 1.29 is 9.53 Å². The average molecular weight is 328 g/mol. The molecule has 3 rings (SSSR count). The zero-order valence-corrected chi connectivity index (χ0v) is 14.8. The Labute approximate surface area is 144 Å². The summed E-state index contributed by atoms with van der Waals surface area (Å²) in [6.45, 7) is 5.54. The lowest BCUT2D eigenvalue weighted by Gasteiger charge is -2.21. The van der Waals surface area contributed by atoms with Crippen LogP contribution in [0.2, 0.25) is 0 Å². The minimum atomic E-state index is -0.00665. The van der Waals surface area contributed by atoms with Gasteiger partial charge >= 0.3 is 0 Å². The number of benzene rings is 1. The standard InChI is InChI=1S/C20H28N2O2/c1-14-15(2)22-19-10-9-16(13-18(14)19)20(23)21-11-6-12-24-17-7-4-3-5-8-17/h9-10,13,17,22H,3-8,11-12H2,1-2H3,(H,21,23). The summed E-state index contributed by atoms with van der Waals surface area (Å²) in [5.74, 6) is -0.00665. The molecular weight excluding hydrogens is 300 g/mol. The van der Waals surface area contributed by atoms with Gasteiger partial charge in [0, 0.05) is 35.3 Å². The van der Waals surface area contributed by atoms with Crippen molar-refractivity contribution in [1.29, 1.82) is 0 Å². The Hall–Kier alpha value is -1.81. The van der Waals surface area contributed by atoms with Gasteiger partial charge in [0.15, 0.2) is 0 Å². The summed E-state index contributed by atoms with van der Waals surface area (Å²) in [5, 5.41) is 4.12. The summed E-state index contributed by atoms with van der Waals surface area (Å²) in [6.07, 6.45) is 7.64. The molecule has 0 radical (unpaired) electrons. The van der Waals surface area contributed by atoms with E-state index in [4.69, 9.17) is 4.74 Å². The number of fused-ring (bicyclic) bond motifs is 1. The molecule has 0 bridgehead atoms. The van der Waals surface area contributed by atoms with Gasteiger partial charge in [-0.25, -0.2) is 0 Å². The van der Waals surface area contributed by atoms with Gasteiger partial charge in [-0.3, -0.25) is 4.79 Å². The van der Waals surface area contributed by atoms with Crippen LogP contribution in [-0.4, -0.2) is 30.1 Å². The Morgan fingerprint density at radius 2 is 2.04 bits per heavy atom. The minimum absolute atomic E-state index is 0.00665. The van der Waals surface area contributed by atoms with Crippen LogP contribution in [0, 0.1) is 13.8 Å². The molecule has 1 amide bonds. The van der Waals surface area contributed by atoms with Gasteiger partial charge in [0.2, 0.25) is 0 Å². The van der Waals surface area contributed by atoms with Crippen LogP contribution in [0.5, 0.6) is 0 Å². The quantitative estimate of drug-likeness (QED) is 0.779. The first-order valence-electron chi connectivity index (χ1n) is 9.14. The van der Waals surface area contributed by atoms with Crippen LogP contribution < -0.4 is 5.32 Å². The molecule has 1 aliphatic rings. The summed E-state index contributed by atoms with van der Waals surface area (Å²) in [5.41, 5.74) is 4.17. The lowest BCUT2D eigenvalue weighted by atomic mass is 9.98. The fourth-order valence-electron chi connectivity index (χ4n) is 3.46. The molecular formula is C20H28N2O2. The van der Waals surface area contributed by atoms with Crippen LogP contribution in [0.25, 0.3) is 10.9 Å². The number of carbonyl (C=O) groups is 1. The molecule has 1 saturated carbocycles. The Morgan fingerprint density at radius 3 is 2.83 bits per heavy atom. The molecule has 1 aromatic carbocycles. The number of H-pyrrole nitrogens is 1. The maximum Gasteiger partial charge on any atom is 0.251 e. The van der Waals surface area contributed by atoms with E-state index in [0.29, 0.717) is 12.6 Å². The summed E-state index contributed by atoms with van der Waals surface area (Å²) in [6, 6.07) is 5.84. The monoisotopic (exact) mass is 328 g/mol. The highest BCUT2D eigenvalue weighted by Crippen LogP contribution is 2.22. The number of aryl methyl sites for hydroxylation is 2. The molecule has 1 aromatic heterocycles. The van der Waals surface area contributed by atoms with Crippen molar-refractivity contribution in [3.63, 3.8) is 0 Å². The third-order valence-corrected chi connectivity index (χ3v) is 5.08. The highest BCUT2D eigenvalue weighted by atomic mass is 16.5. The van der Waals surface area contributed by atoms with Gasteiger partial charge in [0.1, 0.15) is 0 Å². The second kappa shape index (κ2) is 7.84. The van der Waals surface area contributed by atoms with E-state index in [9.17, 15) is 4.79 Å². The normalized spacial score (nSPS) is 15.8. The van der Waals surface area contributed by atoms with Gasteiger partial charge in [0.05, 0.1) is 6.10 Å². The lowest BCUT2D eigenvalue weighted by molar-refractivity contribution is 0.0273. The smallest absolute Gasteiger partial charge is 0.251 e. The zero-order valence-electron chi connectivity index (χ0n) is 14.8. The van der Waals surface area contributed by atoms with E-state index in [-0.39, 0.29) is 5.91 Å². The number of rotatable bonds is 6. The zero-order chi connectivity index (χ0) is 16.9. The van der Waals surface area contributed by atoms with E-state index in [0.717, 1.165) is 35.2 Å². The van der Waals surface area contributed by atoms with Gasteiger partial charge in [-0.1, -0.05) is 19.3 Å². The largest absolute Gasteiger partial charge is 0.378 e. The van der Waals surface area contributed by atoms with Gasteiger partial charge in [-0.15, -0.1) is 0 Å². The van der Waals surface area contributed by atoms with E-state index in [1.807, 2.05) is 18.2 Å². The molecule has 24 heavy (non-hydrogen) atoms. The first-order chi connectivity index (χ1) is 11.6. The topological polar surface area (TPSA) is 54.1 Å². The number of aromatic amines is 1. The molecule has 2 aromatic rings. The van der Waals surface area contributed by atoms with Crippen molar-refractivity contribution in [2.75, 3.05) is 13.2 Å². The van der Waals surface area contributed by atoms with Crippen molar-refractivity contribution in [2.24, 2.45) is 0 Å². The maximum absolute atomic E-state index is 12.3. The molecule has 4 nitrogen and oxygen atoms in total. The SMILES string of the molecule is Cc1[nH]c2ccc(C(=O)NCCCOC3CCCCC3)cc2c1C. The van der Waals surface area contributed by atoms with Crippen molar-refractivity contribution >= 4 is 16.8 Å². The molecule has 0 spiro atoms. The van der Waals surface area contributed by atoms with Crippen molar-refractivity contribution in [3.8, 4) is 0 Å². The fraction of sp³-hybridized carbons (Fsp3) is 0.550. The number of hydrogen-bond acceptors (Lipinski definition) is 2. The van der Waals surface area contributed by atoms with E-state index < -0.39 is 0 Å². The predicted molar refractivity (Wildman–Crippen MR) is 97.5 cm³/mol. The molecule has 1 aliphatic carbocycles. The summed E-state index contributed by atoms with van der Waals surface area (Å²) >= 11 is 0. The third-order valence-electron chi connectivity index (χ3n) is 5.08. The Morgan fingerprint density at radius 1 is 1.25 bits per heavy atom. The minimum Gasteiger partial charge on any atom is -0.378 e. The molecule has 0 unspecified atom stereocenters. The predicted octanol–water partition coefficient (Wildman–Crippen LogP) is 4.25. The summed E-state index contributed by atoms with van der Waals surface area (Å²) in [7, 11) is 0. The second-order valence-electron chi connectivity index (χ2n) is 6.88. The van der Waals surface area contributed by atoms with Gasteiger partial charge < -0.3 is 15.0 Å². The van der Waals surface area contributed by atoms with Gasteiger partial charge in [-0.05, 0) is 56.9 Å². The summed E-state index contributed by atoms with van der Waals surface area (Å²) < 4.78 is 5.89. The van der Waals surface area contributed by atoms with Crippen LogP contribution in [0.15, 0.2) is 18.2 Å². The molecule has 0 atom stereocenters. The number of aromatic nitrogens is 1. The van der Waals surface area contributed by atoms with Crippen LogP contribution in [-0.2, 0) is 4.74 Å². The van der Waals surface area contributed by atoms with Crippen molar-refractivity contribution in [2.45, 2.75) is 58.5 Å². The first-order valence-corrected chi connectivity index (χ1v) is 9.14. The highest BCUT2D eigenvalue weighted by Gasteiger charge is 2.13. The Balaban J connectivity index is 1.45. The molecule has 0 aliphatic heterocycles. The Kier molecular flexibility index (Phi) is 5.56.